The van der Waals surface area contributed by atoms with Crippen molar-refractivity contribution >= 4 is 34.4 Å². The van der Waals surface area contributed by atoms with E-state index in [9.17, 15) is 14.4 Å². The lowest BCUT2D eigenvalue weighted by Crippen LogP contribution is -2.47. The van der Waals surface area contributed by atoms with Gasteiger partial charge in [0, 0.05) is 17.8 Å². The summed E-state index contributed by atoms with van der Waals surface area (Å²) in [6.45, 7) is 4.12. The maximum Gasteiger partial charge on any atom is 0.357 e. The molecule has 1 saturated heterocycles. The molecule has 4 rings (SSSR count). The van der Waals surface area contributed by atoms with Crippen molar-refractivity contribution in [2.75, 3.05) is 26.1 Å². The number of ether oxygens (including phenoxy) is 2. The molecule has 1 aliphatic heterocycles. The van der Waals surface area contributed by atoms with Gasteiger partial charge >= 0.3 is 12.0 Å². The lowest BCUT2D eigenvalue weighted by molar-refractivity contribution is -0.129. The van der Waals surface area contributed by atoms with E-state index in [0.29, 0.717) is 16.4 Å². The monoisotopic (exact) mass is 508 g/mol. The predicted molar refractivity (Wildman–Crippen MR) is 136 cm³/mol. The Bertz CT molecular complexity index is 1260. The second kappa shape index (κ2) is 10.8. The number of hydrogen-bond acceptors (Lipinski definition) is 8. The Kier molecular flexibility index (Phi) is 7.54. The average Bonchev–Trinajstić information content (AvgIpc) is 3.48. The Balaban J connectivity index is 1.61. The molecule has 0 spiro atoms. The van der Waals surface area contributed by atoms with Crippen molar-refractivity contribution in [2.45, 2.75) is 31.8 Å². The standard InChI is InChI=1S/C26H28N4O5S/c1-15-12-18(10-11-21(15)34-3)22-23(31)30(26(33)29-22)20(16(2)17-8-6-5-7-9-17)13-27-25-28-19(14-36-25)24(32)35-4/h5-12,14,16,20,22H,13H2,1-4H3,(H,27,28)(H,29,33)/t16-,20+,22+/m0/s1. The summed E-state index contributed by atoms with van der Waals surface area (Å²) in [5.41, 5.74) is 2.75. The third-order valence-electron chi connectivity index (χ3n) is 6.32. The zero-order valence-corrected chi connectivity index (χ0v) is 21.3. The van der Waals surface area contributed by atoms with Crippen molar-refractivity contribution in [1.29, 1.82) is 0 Å². The van der Waals surface area contributed by atoms with Crippen molar-refractivity contribution in [3.05, 3.63) is 76.3 Å². The Morgan fingerprint density at radius 2 is 1.94 bits per heavy atom. The van der Waals surface area contributed by atoms with E-state index in [1.807, 2.05) is 50.2 Å². The number of carbonyl (C=O) groups is 3. The second-order valence-electron chi connectivity index (χ2n) is 8.50. The van der Waals surface area contributed by atoms with E-state index in [-0.39, 0.29) is 24.1 Å². The summed E-state index contributed by atoms with van der Waals surface area (Å²) in [5.74, 6) is -0.319. The number of aromatic nitrogens is 1. The highest BCUT2D eigenvalue weighted by molar-refractivity contribution is 7.13. The fraction of sp³-hybridized carbons (Fsp3) is 0.308. The lowest BCUT2D eigenvalue weighted by atomic mass is 9.91. The molecule has 188 valence electrons. The average molecular weight is 509 g/mol. The summed E-state index contributed by atoms with van der Waals surface area (Å²) in [7, 11) is 2.88. The second-order valence-corrected chi connectivity index (χ2v) is 9.35. The van der Waals surface area contributed by atoms with E-state index in [0.717, 1.165) is 11.1 Å². The lowest BCUT2D eigenvalue weighted by Gasteiger charge is -2.31. The van der Waals surface area contributed by atoms with Crippen molar-refractivity contribution < 1.29 is 23.9 Å². The van der Waals surface area contributed by atoms with Crippen LogP contribution in [0.3, 0.4) is 0 Å². The van der Waals surface area contributed by atoms with E-state index < -0.39 is 24.1 Å². The largest absolute Gasteiger partial charge is 0.496 e. The number of imide groups is 1. The third kappa shape index (κ3) is 5.03. The third-order valence-corrected chi connectivity index (χ3v) is 7.12. The van der Waals surface area contributed by atoms with Gasteiger partial charge in [-0.1, -0.05) is 43.3 Å². The highest BCUT2D eigenvalue weighted by Gasteiger charge is 2.44. The molecule has 3 atom stereocenters. The number of methoxy groups -OCH3 is 2. The number of carbonyl (C=O) groups excluding carboxylic acids is 3. The first-order valence-corrected chi connectivity index (χ1v) is 12.3. The van der Waals surface area contributed by atoms with Crippen LogP contribution in [0, 0.1) is 6.92 Å². The fourth-order valence-electron chi connectivity index (χ4n) is 4.33. The Labute approximate surface area is 213 Å². The zero-order chi connectivity index (χ0) is 25.8. The summed E-state index contributed by atoms with van der Waals surface area (Å²) in [6, 6.07) is 13.4. The number of amides is 3. The van der Waals surface area contributed by atoms with Gasteiger partial charge in [-0.2, -0.15) is 0 Å². The molecule has 1 aliphatic rings. The van der Waals surface area contributed by atoms with Crippen LogP contribution in [0.2, 0.25) is 0 Å². The van der Waals surface area contributed by atoms with Crippen molar-refractivity contribution in [2.24, 2.45) is 0 Å². The topological polar surface area (TPSA) is 110 Å². The van der Waals surface area contributed by atoms with Crippen LogP contribution in [-0.4, -0.2) is 54.6 Å². The molecular formula is C26H28N4O5S. The molecule has 3 amide bonds. The molecule has 9 nitrogen and oxygen atoms in total. The summed E-state index contributed by atoms with van der Waals surface area (Å²) in [5, 5.41) is 8.13. The van der Waals surface area contributed by atoms with E-state index in [2.05, 4.69) is 15.6 Å². The van der Waals surface area contributed by atoms with Gasteiger partial charge in [-0.05, 0) is 35.7 Å². The number of aryl methyl sites for hydroxylation is 1. The van der Waals surface area contributed by atoms with Gasteiger partial charge in [0.05, 0.1) is 20.3 Å². The molecule has 2 aromatic carbocycles. The normalized spacial score (nSPS) is 16.9. The van der Waals surface area contributed by atoms with Crippen LogP contribution in [0.25, 0.3) is 0 Å². The van der Waals surface area contributed by atoms with Gasteiger partial charge in [0.1, 0.15) is 11.8 Å². The molecule has 1 fully saturated rings. The van der Waals surface area contributed by atoms with Crippen LogP contribution in [0.1, 0.15) is 46.1 Å². The van der Waals surface area contributed by atoms with Crippen LogP contribution in [0.5, 0.6) is 5.75 Å². The van der Waals surface area contributed by atoms with E-state index in [4.69, 9.17) is 9.47 Å². The van der Waals surface area contributed by atoms with Gasteiger partial charge in [0.2, 0.25) is 0 Å². The number of thiazole rings is 1. The highest BCUT2D eigenvalue weighted by Crippen LogP contribution is 2.32. The number of nitrogens with one attached hydrogen (secondary N) is 2. The Hall–Kier alpha value is -3.92. The molecule has 0 bridgehead atoms. The van der Waals surface area contributed by atoms with Gasteiger partial charge in [0.25, 0.3) is 5.91 Å². The van der Waals surface area contributed by atoms with E-state index in [1.165, 1.54) is 23.3 Å². The number of esters is 1. The molecule has 2 heterocycles. The van der Waals surface area contributed by atoms with Crippen molar-refractivity contribution in [1.82, 2.24) is 15.2 Å². The Morgan fingerprint density at radius 3 is 2.61 bits per heavy atom. The summed E-state index contributed by atoms with van der Waals surface area (Å²) in [4.78, 5) is 44.1. The van der Waals surface area contributed by atoms with E-state index >= 15 is 0 Å². The molecule has 2 N–H and O–H groups in total. The van der Waals surface area contributed by atoms with Crippen LogP contribution in [0.15, 0.2) is 53.9 Å². The van der Waals surface area contributed by atoms with Gasteiger partial charge in [-0.3, -0.25) is 9.69 Å². The van der Waals surface area contributed by atoms with Gasteiger partial charge in [0.15, 0.2) is 10.8 Å². The summed E-state index contributed by atoms with van der Waals surface area (Å²) in [6.07, 6.45) is 0. The number of hydrogen-bond donors (Lipinski definition) is 2. The molecule has 1 aromatic heterocycles. The highest BCUT2D eigenvalue weighted by atomic mass is 32.1. The summed E-state index contributed by atoms with van der Waals surface area (Å²) < 4.78 is 10.0. The minimum Gasteiger partial charge on any atom is -0.496 e. The van der Waals surface area contributed by atoms with Crippen molar-refractivity contribution in [3.8, 4) is 5.75 Å². The zero-order valence-electron chi connectivity index (χ0n) is 20.5. The van der Waals surface area contributed by atoms with Crippen LogP contribution in [-0.2, 0) is 9.53 Å². The number of rotatable bonds is 9. The maximum absolute atomic E-state index is 13.6. The summed E-state index contributed by atoms with van der Waals surface area (Å²) >= 11 is 1.25. The molecule has 0 radical (unpaired) electrons. The van der Waals surface area contributed by atoms with Crippen LogP contribution < -0.4 is 15.4 Å². The van der Waals surface area contributed by atoms with Crippen LogP contribution >= 0.6 is 11.3 Å². The molecule has 36 heavy (non-hydrogen) atoms. The quantitative estimate of drug-likeness (QED) is 0.330. The van der Waals surface area contributed by atoms with Gasteiger partial charge in [-0.25, -0.2) is 14.6 Å². The number of benzene rings is 2. The molecular weight excluding hydrogens is 480 g/mol. The first-order chi connectivity index (χ1) is 17.3. The minimum absolute atomic E-state index is 0.176. The molecule has 0 aliphatic carbocycles. The molecule has 3 aromatic rings. The first-order valence-electron chi connectivity index (χ1n) is 11.4. The van der Waals surface area contributed by atoms with E-state index in [1.54, 1.807) is 24.6 Å². The maximum atomic E-state index is 13.6. The number of anilines is 1. The number of nitrogens with zero attached hydrogens (tertiary/aromatic N) is 2. The smallest absolute Gasteiger partial charge is 0.357 e. The van der Waals surface area contributed by atoms with Crippen LogP contribution in [0.4, 0.5) is 9.93 Å². The number of urea groups is 1. The predicted octanol–water partition coefficient (Wildman–Crippen LogP) is 4.12. The first kappa shape index (κ1) is 25.2. The Morgan fingerprint density at radius 1 is 1.19 bits per heavy atom. The van der Waals surface area contributed by atoms with Crippen molar-refractivity contribution in [3.63, 3.8) is 0 Å². The SMILES string of the molecule is COC(=O)c1csc(NC[C@H]([C@@H](C)c2ccccc2)N2C(=O)N[C@H](c3ccc(OC)c(C)c3)C2=O)n1. The molecule has 0 unspecified atom stereocenters. The van der Waals surface area contributed by atoms with Gasteiger partial charge < -0.3 is 20.1 Å². The van der Waals surface area contributed by atoms with Gasteiger partial charge in [-0.15, -0.1) is 11.3 Å². The fourth-order valence-corrected chi connectivity index (χ4v) is 5.02. The minimum atomic E-state index is -0.793. The molecule has 0 saturated carbocycles. The molecule has 10 heteroatoms.